The van der Waals surface area contributed by atoms with Crippen molar-refractivity contribution in [1.29, 1.82) is 0 Å². The zero-order valence-corrected chi connectivity index (χ0v) is 18.9. The van der Waals surface area contributed by atoms with Gasteiger partial charge in [-0.05, 0) is 32.1 Å². The van der Waals surface area contributed by atoms with Crippen LogP contribution in [0, 0.1) is 0 Å². The quantitative estimate of drug-likeness (QED) is 0.544. The molecule has 0 radical (unpaired) electrons. The molecule has 0 amide bonds. The fourth-order valence-electron chi connectivity index (χ4n) is 4.37. The van der Waals surface area contributed by atoms with Gasteiger partial charge in [0.1, 0.15) is 24.3 Å². The van der Waals surface area contributed by atoms with Crippen molar-refractivity contribution in [3.63, 3.8) is 0 Å². The predicted octanol–water partition coefficient (Wildman–Crippen LogP) is 5.43. The molecule has 0 atom stereocenters. The molecular weight excluding hydrogens is 388 g/mol. The molecule has 0 fully saturated rings. The first-order chi connectivity index (χ1) is 14.9. The number of H-pyrrole nitrogens is 1. The van der Waals surface area contributed by atoms with Crippen LogP contribution in [0.4, 0.5) is 5.69 Å². The SMILES string of the molecule is COc1ccc(-c2cc(OC)c(/C=C/C3=[N+](C)c4ccccc4C3(C)C)[nH]2)c(OC)c1. The lowest BCUT2D eigenvalue weighted by Crippen LogP contribution is -2.26. The topological polar surface area (TPSA) is 46.5 Å². The molecule has 1 aliphatic heterocycles. The number of hydrogen-bond acceptors (Lipinski definition) is 3. The van der Waals surface area contributed by atoms with Crippen LogP contribution in [0.2, 0.25) is 0 Å². The fourth-order valence-corrected chi connectivity index (χ4v) is 4.37. The van der Waals surface area contributed by atoms with Crippen LogP contribution in [0.25, 0.3) is 17.3 Å². The van der Waals surface area contributed by atoms with E-state index >= 15 is 0 Å². The average Bonchev–Trinajstić information content (AvgIpc) is 3.28. The number of methoxy groups -OCH3 is 3. The fraction of sp³-hybridized carbons (Fsp3) is 0.269. The summed E-state index contributed by atoms with van der Waals surface area (Å²) in [5.74, 6) is 2.27. The number of allylic oxidation sites excluding steroid dienone is 1. The summed E-state index contributed by atoms with van der Waals surface area (Å²) in [6, 6.07) is 16.3. The summed E-state index contributed by atoms with van der Waals surface area (Å²) in [5.41, 5.74) is 6.50. The molecule has 2 heterocycles. The Balaban J connectivity index is 1.72. The maximum atomic E-state index is 5.65. The van der Waals surface area contributed by atoms with Gasteiger partial charge in [-0.2, -0.15) is 4.58 Å². The van der Waals surface area contributed by atoms with Gasteiger partial charge in [0.2, 0.25) is 5.69 Å². The molecule has 1 N–H and O–H groups in total. The molecule has 0 unspecified atom stereocenters. The van der Waals surface area contributed by atoms with E-state index in [1.807, 2.05) is 24.3 Å². The lowest BCUT2D eigenvalue weighted by molar-refractivity contribution is -0.401. The molecule has 5 nitrogen and oxygen atoms in total. The van der Waals surface area contributed by atoms with Crippen LogP contribution in [-0.4, -0.2) is 43.6 Å². The summed E-state index contributed by atoms with van der Waals surface area (Å²) in [5, 5.41) is 0. The highest BCUT2D eigenvalue weighted by Gasteiger charge is 2.42. The zero-order valence-electron chi connectivity index (χ0n) is 18.9. The molecule has 0 aliphatic carbocycles. The van der Waals surface area contributed by atoms with Gasteiger partial charge in [0.05, 0.1) is 38.1 Å². The second kappa shape index (κ2) is 7.99. The van der Waals surface area contributed by atoms with Crippen molar-refractivity contribution in [2.24, 2.45) is 0 Å². The third-order valence-corrected chi connectivity index (χ3v) is 6.08. The van der Waals surface area contributed by atoms with Crippen LogP contribution >= 0.6 is 0 Å². The van der Waals surface area contributed by atoms with Gasteiger partial charge in [0.25, 0.3) is 0 Å². The Kier molecular flexibility index (Phi) is 5.36. The highest BCUT2D eigenvalue weighted by molar-refractivity contribution is 6.05. The Morgan fingerprint density at radius 3 is 2.29 bits per heavy atom. The number of aromatic nitrogens is 1. The molecule has 4 rings (SSSR count). The lowest BCUT2D eigenvalue weighted by Gasteiger charge is -2.15. The van der Waals surface area contributed by atoms with Crippen LogP contribution < -0.4 is 14.2 Å². The summed E-state index contributed by atoms with van der Waals surface area (Å²) in [6.07, 6.45) is 4.25. The second-order valence-electron chi connectivity index (χ2n) is 8.15. The molecule has 1 aliphatic rings. The number of ether oxygens (including phenoxy) is 3. The van der Waals surface area contributed by atoms with E-state index in [0.29, 0.717) is 0 Å². The van der Waals surface area contributed by atoms with Gasteiger partial charge in [-0.1, -0.05) is 18.2 Å². The number of benzene rings is 2. The first kappa shape index (κ1) is 20.8. The highest BCUT2D eigenvalue weighted by Crippen LogP contribution is 2.40. The van der Waals surface area contributed by atoms with E-state index < -0.39 is 0 Å². The number of rotatable bonds is 6. The van der Waals surface area contributed by atoms with Gasteiger partial charge in [0, 0.05) is 35.4 Å². The van der Waals surface area contributed by atoms with Crippen LogP contribution in [0.3, 0.4) is 0 Å². The largest absolute Gasteiger partial charge is 0.497 e. The summed E-state index contributed by atoms with van der Waals surface area (Å²) < 4.78 is 18.8. The summed E-state index contributed by atoms with van der Waals surface area (Å²) in [6.45, 7) is 4.52. The molecular formula is C26H29N2O3+. The Hall–Kier alpha value is -3.47. The lowest BCUT2D eigenvalue weighted by atomic mass is 9.81. The van der Waals surface area contributed by atoms with E-state index in [-0.39, 0.29) is 5.41 Å². The predicted molar refractivity (Wildman–Crippen MR) is 125 cm³/mol. The highest BCUT2D eigenvalue weighted by atomic mass is 16.5. The van der Waals surface area contributed by atoms with Gasteiger partial charge >= 0.3 is 0 Å². The molecule has 3 aromatic rings. The molecule has 1 aromatic heterocycles. The summed E-state index contributed by atoms with van der Waals surface area (Å²) in [7, 11) is 7.11. The van der Waals surface area contributed by atoms with Gasteiger partial charge in [0.15, 0.2) is 5.71 Å². The number of nitrogens with one attached hydrogen (secondary N) is 1. The number of nitrogens with zero attached hydrogens (tertiary/aromatic N) is 1. The van der Waals surface area contributed by atoms with Crippen molar-refractivity contribution < 1.29 is 18.8 Å². The maximum absolute atomic E-state index is 5.65. The Bertz CT molecular complexity index is 1190. The maximum Gasteiger partial charge on any atom is 0.209 e. The van der Waals surface area contributed by atoms with E-state index in [0.717, 1.165) is 34.2 Å². The first-order valence-electron chi connectivity index (χ1n) is 10.3. The van der Waals surface area contributed by atoms with E-state index in [4.69, 9.17) is 14.2 Å². The molecule has 0 bridgehead atoms. The van der Waals surface area contributed by atoms with Crippen molar-refractivity contribution >= 4 is 17.5 Å². The molecule has 0 saturated carbocycles. The van der Waals surface area contributed by atoms with Crippen LogP contribution in [0.1, 0.15) is 25.1 Å². The van der Waals surface area contributed by atoms with E-state index in [1.54, 1.807) is 21.3 Å². The molecule has 0 saturated heterocycles. The molecule has 160 valence electrons. The number of hydrogen-bond donors (Lipinski definition) is 1. The van der Waals surface area contributed by atoms with Crippen molar-refractivity contribution in [1.82, 2.24) is 4.98 Å². The number of fused-ring (bicyclic) bond motifs is 1. The van der Waals surface area contributed by atoms with Crippen molar-refractivity contribution in [3.8, 4) is 28.5 Å². The van der Waals surface area contributed by atoms with Gasteiger partial charge in [-0.15, -0.1) is 0 Å². The van der Waals surface area contributed by atoms with Gasteiger partial charge < -0.3 is 19.2 Å². The van der Waals surface area contributed by atoms with E-state index in [2.05, 4.69) is 66.9 Å². The van der Waals surface area contributed by atoms with Crippen LogP contribution in [-0.2, 0) is 5.41 Å². The minimum atomic E-state index is -0.0797. The van der Waals surface area contributed by atoms with E-state index in [9.17, 15) is 0 Å². The third kappa shape index (κ3) is 3.50. The molecule has 2 aromatic carbocycles. The summed E-state index contributed by atoms with van der Waals surface area (Å²) in [4.78, 5) is 3.48. The molecule has 0 spiro atoms. The zero-order chi connectivity index (χ0) is 22.2. The monoisotopic (exact) mass is 417 g/mol. The minimum absolute atomic E-state index is 0.0797. The Morgan fingerprint density at radius 2 is 1.61 bits per heavy atom. The van der Waals surface area contributed by atoms with Gasteiger partial charge in [-0.25, -0.2) is 0 Å². The van der Waals surface area contributed by atoms with Crippen molar-refractivity contribution in [3.05, 3.63) is 65.9 Å². The van der Waals surface area contributed by atoms with Crippen molar-refractivity contribution in [2.45, 2.75) is 19.3 Å². The molecule has 5 heteroatoms. The van der Waals surface area contributed by atoms with Crippen LogP contribution in [0.15, 0.2) is 54.6 Å². The summed E-state index contributed by atoms with van der Waals surface area (Å²) >= 11 is 0. The van der Waals surface area contributed by atoms with Gasteiger partial charge in [-0.3, -0.25) is 0 Å². The molecule has 31 heavy (non-hydrogen) atoms. The smallest absolute Gasteiger partial charge is 0.209 e. The van der Waals surface area contributed by atoms with Crippen LogP contribution in [0.5, 0.6) is 17.2 Å². The number of aromatic amines is 1. The normalized spacial score (nSPS) is 14.8. The average molecular weight is 418 g/mol. The third-order valence-electron chi connectivity index (χ3n) is 6.08. The Labute approximate surface area is 183 Å². The van der Waals surface area contributed by atoms with E-state index in [1.165, 1.54) is 17.0 Å². The standard InChI is InChI=1S/C26H28N2O3/c1-26(2)19-9-7-8-10-22(19)28(3)25(26)14-13-20-24(31-6)16-21(27-20)18-12-11-17(29-4)15-23(18)30-5/h7-16H,1-6H3/p+1. The Morgan fingerprint density at radius 1 is 0.871 bits per heavy atom. The van der Waals surface area contributed by atoms with Crippen molar-refractivity contribution in [2.75, 3.05) is 28.4 Å². The first-order valence-corrected chi connectivity index (χ1v) is 10.3. The minimum Gasteiger partial charge on any atom is -0.497 e. The second-order valence-corrected chi connectivity index (χ2v) is 8.15. The number of para-hydroxylation sites is 1.